The summed E-state index contributed by atoms with van der Waals surface area (Å²) in [6, 6.07) is 5.36. The molecule has 0 aliphatic carbocycles. The molecule has 20 heavy (non-hydrogen) atoms. The van der Waals surface area contributed by atoms with Crippen LogP contribution in [-0.2, 0) is 12.7 Å². The average Bonchev–Trinajstić information content (AvgIpc) is 2.38. The van der Waals surface area contributed by atoms with E-state index in [4.69, 9.17) is 5.11 Å². The Kier molecular flexibility index (Phi) is 7.02. The minimum atomic E-state index is -4.29. The fraction of sp³-hybridized carbons (Fsp3) is 0.600. The SMILES string of the molecule is CCCC(CCO)CNCc1cccc(C(F)(F)F)c1. The fourth-order valence-electron chi connectivity index (χ4n) is 2.22. The Labute approximate surface area is 118 Å². The van der Waals surface area contributed by atoms with E-state index in [1.54, 1.807) is 6.07 Å². The van der Waals surface area contributed by atoms with Crippen LogP contribution in [0.5, 0.6) is 0 Å². The van der Waals surface area contributed by atoms with Gasteiger partial charge in [-0.3, -0.25) is 0 Å². The Morgan fingerprint density at radius 2 is 2.00 bits per heavy atom. The number of nitrogens with one attached hydrogen (secondary N) is 1. The lowest BCUT2D eigenvalue weighted by Gasteiger charge is -2.16. The molecular weight excluding hydrogens is 267 g/mol. The number of hydrogen-bond acceptors (Lipinski definition) is 2. The molecule has 0 saturated heterocycles. The quantitative estimate of drug-likeness (QED) is 0.766. The summed E-state index contributed by atoms with van der Waals surface area (Å²) in [6.45, 7) is 3.35. The molecule has 1 unspecified atom stereocenters. The zero-order valence-corrected chi connectivity index (χ0v) is 11.7. The number of alkyl halides is 3. The Hall–Kier alpha value is -1.07. The van der Waals surface area contributed by atoms with Crippen LogP contribution in [0.25, 0.3) is 0 Å². The van der Waals surface area contributed by atoms with E-state index in [9.17, 15) is 13.2 Å². The standard InChI is InChI=1S/C15H22F3NO/c1-2-4-12(7-8-20)10-19-11-13-5-3-6-14(9-13)15(16,17)18/h3,5-6,9,12,19-20H,2,4,7-8,10-11H2,1H3. The maximum atomic E-state index is 12.6. The van der Waals surface area contributed by atoms with Gasteiger partial charge in [0.05, 0.1) is 5.56 Å². The first-order valence-electron chi connectivity index (χ1n) is 6.95. The van der Waals surface area contributed by atoms with Crippen molar-refractivity contribution in [3.8, 4) is 0 Å². The molecule has 2 nitrogen and oxygen atoms in total. The van der Waals surface area contributed by atoms with E-state index < -0.39 is 11.7 Å². The summed E-state index contributed by atoms with van der Waals surface area (Å²) in [5.74, 6) is 0.371. The van der Waals surface area contributed by atoms with E-state index >= 15 is 0 Å². The molecule has 0 bridgehead atoms. The zero-order valence-electron chi connectivity index (χ0n) is 11.7. The van der Waals surface area contributed by atoms with Crippen molar-refractivity contribution in [3.05, 3.63) is 35.4 Å². The number of halogens is 3. The van der Waals surface area contributed by atoms with E-state index in [2.05, 4.69) is 12.2 Å². The second-order valence-corrected chi connectivity index (χ2v) is 5.00. The smallest absolute Gasteiger partial charge is 0.396 e. The second-order valence-electron chi connectivity index (χ2n) is 5.00. The normalized spacial score (nSPS) is 13.4. The maximum absolute atomic E-state index is 12.6. The van der Waals surface area contributed by atoms with Crippen LogP contribution in [0, 0.1) is 5.92 Å². The van der Waals surface area contributed by atoms with E-state index in [-0.39, 0.29) is 6.61 Å². The van der Waals surface area contributed by atoms with Gasteiger partial charge in [0, 0.05) is 13.2 Å². The molecule has 0 spiro atoms. The van der Waals surface area contributed by atoms with E-state index in [0.717, 1.165) is 25.3 Å². The highest BCUT2D eigenvalue weighted by Gasteiger charge is 2.30. The van der Waals surface area contributed by atoms with Gasteiger partial charge in [-0.2, -0.15) is 13.2 Å². The highest BCUT2D eigenvalue weighted by molar-refractivity contribution is 5.25. The van der Waals surface area contributed by atoms with E-state index in [0.29, 0.717) is 24.6 Å². The minimum absolute atomic E-state index is 0.149. The molecule has 0 aromatic heterocycles. The molecule has 2 N–H and O–H groups in total. The first-order valence-corrected chi connectivity index (χ1v) is 6.95. The summed E-state index contributed by atoms with van der Waals surface area (Å²) < 4.78 is 37.7. The number of aliphatic hydroxyl groups is 1. The summed E-state index contributed by atoms with van der Waals surface area (Å²) in [5, 5.41) is 12.1. The van der Waals surface area contributed by atoms with Gasteiger partial charge >= 0.3 is 6.18 Å². The molecule has 1 aromatic rings. The van der Waals surface area contributed by atoms with Crippen LogP contribution in [-0.4, -0.2) is 18.3 Å². The molecule has 1 aromatic carbocycles. The van der Waals surface area contributed by atoms with Gasteiger partial charge in [-0.05, 0) is 36.9 Å². The van der Waals surface area contributed by atoms with Crippen molar-refractivity contribution < 1.29 is 18.3 Å². The van der Waals surface area contributed by atoms with Crippen LogP contribution in [0.1, 0.15) is 37.3 Å². The van der Waals surface area contributed by atoms with Gasteiger partial charge in [-0.1, -0.05) is 31.5 Å². The lowest BCUT2D eigenvalue weighted by atomic mass is 10.00. The van der Waals surface area contributed by atoms with E-state index in [1.807, 2.05) is 0 Å². The molecule has 1 rings (SSSR count). The van der Waals surface area contributed by atoms with Gasteiger partial charge in [-0.25, -0.2) is 0 Å². The fourth-order valence-corrected chi connectivity index (χ4v) is 2.22. The number of benzene rings is 1. The Bertz CT molecular complexity index is 387. The van der Waals surface area contributed by atoms with Gasteiger partial charge in [-0.15, -0.1) is 0 Å². The largest absolute Gasteiger partial charge is 0.416 e. The van der Waals surface area contributed by atoms with Crippen LogP contribution in [0.4, 0.5) is 13.2 Å². The first-order chi connectivity index (χ1) is 9.47. The summed E-state index contributed by atoms with van der Waals surface area (Å²) in [6.07, 6.45) is -1.52. The summed E-state index contributed by atoms with van der Waals surface area (Å²) in [4.78, 5) is 0. The van der Waals surface area contributed by atoms with Crippen LogP contribution in [0.15, 0.2) is 24.3 Å². The lowest BCUT2D eigenvalue weighted by molar-refractivity contribution is -0.137. The Balaban J connectivity index is 2.49. The Morgan fingerprint density at radius 1 is 1.25 bits per heavy atom. The van der Waals surface area contributed by atoms with Crippen LogP contribution < -0.4 is 5.32 Å². The number of rotatable bonds is 8. The van der Waals surface area contributed by atoms with Gasteiger partial charge in [0.25, 0.3) is 0 Å². The molecule has 1 atom stereocenters. The molecule has 0 heterocycles. The predicted molar refractivity (Wildman–Crippen MR) is 73.3 cm³/mol. The van der Waals surface area contributed by atoms with Crippen molar-refractivity contribution in [2.75, 3.05) is 13.2 Å². The summed E-state index contributed by atoms with van der Waals surface area (Å²) >= 11 is 0. The van der Waals surface area contributed by atoms with Crippen molar-refractivity contribution in [2.24, 2.45) is 5.92 Å². The van der Waals surface area contributed by atoms with Crippen molar-refractivity contribution in [2.45, 2.75) is 38.9 Å². The van der Waals surface area contributed by atoms with E-state index in [1.165, 1.54) is 12.1 Å². The van der Waals surface area contributed by atoms with Crippen molar-refractivity contribution in [1.82, 2.24) is 5.32 Å². The predicted octanol–water partition coefficient (Wildman–Crippen LogP) is 3.59. The molecule has 0 aliphatic rings. The highest BCUT2D eigenvalue weighted by atomic mass is 19.4. The molecule has 0 aliphatic heterocycles. The van der Waals surface area contributed by atoms with Crippen LogP contribution >= 0.6 is 0 Å². The minimum Gasteiger partial charge on any atom is -0.396 e. The van der Waals surface area contributed by atoms with Gasteiger partial charge in [0.1, 0.15) is 0 Å². The monoisotopic (exact) mass is 289 g/mol. The average molecular weight is 289 g/mol. The molecule has 114 valence electrons. The molecule has 5 heteroatoms. The van der Waals surface area contributed by atoms with Crippen molar-refractivity contribution in [1.29, 1.82) is 0 Å². The molecule has 0 fully saturated rings. The topological polar surface area (TPSA) is 32.3 Å². The summed E-state index contributed by atoms with van der Waals surface area (Å²) in [7, 11) is 0. The summed E-state index contributed by atoms with van der Waals surface area (Å²) in [5.41, 5.74) is 0.0105. The molecule has 0 amide bonds. The maximum Gasteiger partial charge on any atom is 0.416 e. The highest BCUT2D eigenvalue weighted by Crippen LogP contribution is 2.29. The first kappa shape index (κ1) is 17.0. The molecule has 0 saturated carbocycles. The Morgan fingerprint density at radius 3 is 2.60 bits per heavy atom. The lowest BCUT2D eigenvalue weighted by Crippen LogP contribution is -2.23. The zero-order chi connectivity index (χ0) is 15.0. The third-order valence-corrected chi connectivity index (χ3v) is 3.25. The third kappa shape index (κ3) is 5.92. The van der Waals surface area contributed by atoms with Crippen LogP contribution in [0.3, 0.4) is 0 Å². The molecular formula is C15H22F3NO. The number of hydrogen-bond donors (Lipinski definition) is 2. The number of aliphatic hydroxyl groups excluding tert-OH is 1. The van der Waals surface area contributed by atoms with Gasteiger partial charge in [0.15, 0.2) is 0 Å². The third-order valence-electron chi connectivity index (χ3n) is 3.25. The molecule has 0 radical (unpaired) electrons. The second kappa shape index (κ2) is 8.27. The van der Waals surface area contributed by atoms with Gasteiger partial charge in [0.2, 0.25) is 0 Å². The van der Waals surface area contributed by atoms with Crippen molar-refractivity contribution >= 4 is 0 Å². The van der Waals surface area contributed by atoms with Crippen LogP contribution in [0.2, 0.25) is 0 Å². The van der Waals surface area contributed by atoms with Crippen molar-refractivity contribution in [3.63, 3.8) is 0 Å². The van der Waals surface area contributed by atoms with Gasteiger partial charge < -0.3 is 10.4 Å².